The quantitative estimate of drug-likeness (QED) is 0.0205. The summed E-state index contributed by atoms with van der Waals surface area (Å²) >= 11 is 0. The van der Waals surface area contributed by atoms with Gasteiger partial charge in [0.25, 0.3) is 0 Å². The van der Waals surface area contributed by atoms with Crippen LogP contribution in [0.3, 0.4) is 0 Å². The number of allylic oxidation sites excluding steroid dienone is 11. The van der Waals surface area contributed by atoms with Crippen LogP contribution in [-0.2, 0) is 27.9 Å². The van der Waals surface area contributed by atoms with Crippen LogP contribution in [0, 0.1) is 0 Å². The number of unbranched alkanes of at least 4 members (excludes halogenated alkanes) is 33. The average Bonchev–Trinajstić information content (AvgIpc) is 3.40. The smallest absolute Gasteiger partial charge is 0.456 e. The second-order valence-electron chi connectivity index (χ2n) is 23.3. The van der Waals surface area contributed by atoms with Crippen LogP contribution >= 0.6 is 7.82 Å². The van der Waals surface area contributed by atoms with Gasteiger partial charge in [0, 0.05) is 12.8 Å². The predicted octanol–water partition coefficient (Wildman–Crippen LogP) is 20.4. The number of likely N-dealkylation sites (N-methyl/N-ethyl adjacent to an activating group) is 1. The summed E-state index contributed by atoms with van der Waals surface area (Å²) in [5.41, 5.74) is 0. The summed E-state index contributed by atoms with van der Waals surface area (Å²) in [5, 5.41) is 3.06. The highest BCUT2D eigenvalue weighted by Gasteiger charge is 2.30. The molecule has 0 radical (unpaired) electrons. The van der Waals surface area contributed by atoms with E-state index in [1.807, 2.05) is 33.3 Å². The van der Waals surface area contributed by atoms with E-state index in [0.29, 0.717) is 17.4 Å². The van der Waals surface area contributed by atoms with E-state index in [1.54, 1.807) is 0 Å². The molecule has 0 aliphatic rings. The maximum atomic E-state index is 13.5. The van der Waals surface area contributed by atoms with Gasteiger partial charge in [-0.25, -0.2) is 4.57 Å². The molecule has 0 aliphatic carbocycles. The number of quaternary nitrogens is 1. The Morgan fingerprint density at radius 3 is 1.23 bits per heavy atom. The van der Waals surface area contributed by atoms with Crippen molar-refractivity contribution in [3.63, 3.8) is 0 Å². The van der Waals surface area contributed by atoms with Gasteiger partial charge in [-0.3, -0.25) is 18.6 Å². The van der Waals surface area contributed by atoms with Crippen molar-refractivity contribution in [2.45, 2.75) is 309 Å². The molecule has 0 saturated heterocycles. The first kappa shape index (κ1) is 75.5. The minimum Gasteiger partial charge on any atom is -0.456 e. The monoisotopic (exact) mass is 1110 g/mol. The highest BCUT2D eigenvalue weighted by atomic mass is 31.2. The van der Waals surface area contributed by atoms with E-state index in [2.05, 4.69) is 86.8 Å². The second kappa shape index (κ2) is 57.7. The molecule has 454 valence electrons. The number of phosphoric ester groups is 1. The Balaban J connectivity index is 5.05. The molecular formula is C68H126N2O7P+. The van der Waals surface area contributed by atoms with Crippen LogP contribution in [-0.4, -0.2) is 74.3 Å². The van der Waals surface area contributed by atoms with E-state index in [9.17, 15) is 19.0 Å². The molecule has 0 rings (SSSR count). The lowest BCUT2D eigenvalue weighted by atomic mass is 10.0. The third-order valence-electron chi connectivity index (χ3n) is 14.4. The molecule has 1 amide bonds. The normalized spacial score (nSPS) is 14.1. The number of nitrogens with zero attached hydrogens (tertiary/aromatic N) is 1. The van der Waals surface area contributed by atoms with Crippen LogP contribution < -0.4 is 5.32 Å². The molecule has 9 nitrogen and oxygen atoms in total. The first-order valence-electron chi connectivity index (χ1n) is 32.8. The molecule has 0 spiro atoms. The first-order chi connectivity index (χ1) is 37.9. The number of nitrogens with one attached hydrogen (secondary N) is 1. The van der Waals surface area contributed by atoms with Crippen molar-refractivity contribution in [3.05, 3.63) is 72.9 Å². The first-order valence-corrected chi connectivity index (χ1v) is 34.3. The van der Waals surface area contributed by atoms with Crippen LogP contribution in [0.25, 0.3) is 0 Å². The van der Waals surface area contributed by atoms with E-state index in [-0.39, 0.29) is 31.5 Å². The number of carbonyl (C=O) groups is 2. The summed E-state index contributed by atoms with van der Waals surface area (Å²) in [6.45, 7) is 6.91. The van der Waals surface area contributed by atoms with E-state index in [0.717, 1.165) is 89.9 Å². The van der Waals surface area contributed by atoms with Crippen molar-refractivity contribution in [1.29, 1.82) is 0 Å². The fourth-order valence-corrected chi connectivity index (χ4v) is 10.1. The maximum absolute atomic E-state index is 13.5. The van der Waals surface area contributed by atoms with Crippen LogP contribution in [0.15, 0.2) is 72.9 Å². The molecule has 0 bridgehead atoms. The van der Waals surface area contributed by atoms with Gasteiger partial charge in [-0.2, -0.15) is 0 Å². The zero-order chi connectivity index (χ0) is 57.2. The SMILES string of the molecule is CC/C=C\C/C=C\C/C=C\C/C=C\C/C=C\CCCCCCCCCCCCCC(=O)OC(/C=C\CCCCCCCCCCCC)C(COP(=O)(O)OCC[N+](C)(C)C)NC(=O)CCCCCCCCCCCCCCC. The molecular weight excluding hydrogens is 988 g/mol. The number of carbonyl (C=O) groups excluding carboxylic acids is 2. The van der Waals surface area contributed by atoms with Crippen molar-refractivity contribution in [2.75, 3.05) is 40.9 Å². The van der Waals surface area contributed by atoms with Gasteiger partial charge in [-0.1, -0.05) is 280 Å². The zero-order valence-corrected chi connectivity index (χ0v) is 52.8. The van der Waals surface area contributed by atoms with Crippen LogP contribution in [0.5, 0.6) is 0 Å². The summed E-state index contributed by atoms with van der Waals surface area (Å²) in [5.74, 6) is -0.501. The van der Waals surface area contributed by atoms with Crippen molar-refractivity contribution < 1.29 is 37.3 Å². The molecule has 0 saturated carbocycles. The van der Waals surface area contributed by atoms with Crippen molar-refractivity contribution in [3.8, 4) is 0 Å². The largest absolute Gasteiger partial charge is 0.472 e. The van der Waals surface area contributed by atoms with Gasteiger partial charge < -0.3 is 19.4 Å². The van der Waals surface area contributed by atoms with Crippen LogP contribution in [0.1, 0.15) is 297 Å². The molecule has 0 aliphatic heterocycles. The third-order valence-corrected chi connectivity index (χ3v) is 15.4. The third kappa shape index (κ3) is 58.1. The minimum absolute atomic E-state index is 0.0397. The van der Waals surface area contributed by atoms with Gasteiger partial charge in [0.2, 0.25) is 5.91 Å². The van der Waals surface area contributed by atoms with Crippen molar-refractivity contribution in [2.24, 2.45) is 0 Å². The molecule has 0 aromatic heterocycles. The van der Waals surface area contributed by atoms with Gasteiger partial charge in [0.15, 0.2) is 0 Å². The molecule has 0 aromatic rings. The fraction of sp³-hybridized carbons (Fsp3) is 0.794. The average molecular weight is 1110 g/mol. The van der Waals surface area contributed by atoms with Gasteiger partial charge in [0.05, 0.1) is 33.8 Å². The molecule has 78 heavy (non-hydrogen) atoms. The highest BCUT2D eigenvalue weighted by Crippen LogP contribution is 2.43. The summed E-state index contributed by atoms with van der Waals surface area (Å²) in [6, 6.07) is -0.848. The summed E-state index contributed by atoms with van der Waals surface area (Å²) < 4.78 is 30.7. The van der Waals surface area contributed by atoms with Gasteiger partial charge >= 0.3 is 13.8 Å². The number of esters is 1. The molecule has 0 fully saturated rings. The Kier molecular flexibility index (Phi) is 55.8. The Morgan fingerprint density at radius 2 is 0.821 bits per heavy atom. The Morgan fingerprint density at radius 1 is 0.462 bits per heavy atom. The number of rotatable bonds is 59. The standard InChI is InChI=1S/C68H125N2O7P/c1-7-10-13-16-19-22-25-28-29-30-31-32-33-34-35-36-37-38-39-40-41-43-46-49-52-55-58-61-68(72)77-66(59-56-53-50-47-44-27-24-21-18-15-12-9-3)65(64-76-78(73,74)75-63-62-70(4,5)6)69-67(71)60-57-54-51-48-45-42-26-23-20-17-14-11-8-2/h10,13,19,22,28-29,31-32,34-35,56,59,65-66H,7-9,11-12,14-18,20-21,23-27,30,33,36-55,57-58,60-64H2,1-6H3,(H-,69,71,73,74)/p+1/b13-10-,22-19-,29-28-,32-31-,35-34-,59-56-. The highest BCUT2D eigenvalue weighted by molar-refractivity contribution is 7.47. The van der Waals surface area contributed by atoms with Crippen LogP contribution in [0.4, 0.5) is 0 Å². The Hall–Kier alpha value is -2.55. The van der Waals surface area contributed by atoms with Gasteiger partial charge in [-0.05, 0) is 76.7 Å². The lowest BCUT2D eigenvalue weighted by Gasteiger charge is -2.27. The topological polar surface area (TPSA) is 111 Å². The van der Waals surface area contributed by atoms with E-state index < -0.39 is 20.0 Å². The molecule has 10 heteroatoms. The molecule has 3 atom stereocenters. The number of hydrogen-bond acceptors (Lipinski definition) is 6. The summed E-state index contributed by atoms with van der Waals surface area (Å²) in [6.07, 6.45) is 74.7. The number of phosphoric acid groups is 1. The van der Waals surface area contributed by atoms with E-state index >= 15 is 0 Å². The molecule has 0 heterocycles. The number of hydrogen-bond donors (Lipinski definition) is 2. The Bertz CT molecular complexity index is 1570. The predicted molar refractivity (Wildman–Crippen MR) is 337 cm³/mol. The van der Waals surface area contributed by atoms with E-state index in [4.69, 9.17) is 13.8 Å². The lowest BCUT2D eigenvalue weighted by molar-refractivity contribution is -0.870. The molecule has 3 unspecified atom stereocenters. The fourth-order valence-electron chi connectivity index (χ4n) is 9.38. The number of amides is 1. The van der Waals surface area contributed by atoms with Crippen molar-refractivity contribution >= 4 is 19.7 Å². The van der Waals surface area contributed by atoms with Gasteiger partial charge in [-0.15, -0.1) is 0 Å². The second-order valence-corrected chi connectivity index (χ2v) is 24.7. The lowest BCUT2D eigenvalue weighted by Crippen LogP contribution is -2.47. The summed E-state index contributed by atoms with van der Waals surface area (Å²) in [7, 11) is 1.50. The maximum Gasteiger partial charge on any atom is 0.472 e. The number of ether oxygens (including phenoxy) is 1. The van der Waals surface area contributed by atoms with Crippen LogP contribution in [0.2, 0.25) is 0 Å². The minimum atomic E-state index is -4.45. The summed E-state index contributed by atoms with van der Waals surface area (Å²) in [4.78, 5) is 37.7. The zero-order valence-electron chi connectivity index (χ0n) is 51.9. The molecule has 2 N–H and O–H groups in total. The Labute approximate surface area is 483 Å². The van der Waals surface area contributed by atoms with Gasteiger partial charge in [0.1, 0.15) is 19.3 Å². The molecule has 0 aromatic carbocycles. The van der Waals surface area contributed by atoms with E-state index in [1.165, 1.54) is 173 Å². The van der Waals surface area contributed by atoms with Crippen molar-refractivity contribution in [1.82, 2.24) is 5.32 Å².